The maximum Gasteiger partial charge on any atom is 0.472 e. The largest absolute Gasteiger partial charge is 0.472 e. The van der Waals surface area contributed by atoms with Crippen molar-refractivity contribution in [3.05, 3.63) is 48.6 Å². The lowest BCUT2D eigenvalue weighted by Gasteiger charge is -2.15. The predicted octanol–water partition coefficient (Wildman–Crippen LogP) is 5.13. The molecule has 0 aromatic heterocycles. The highest BCUT2D eigenvalue weighted by atomic mass is 31.2. The molecule has 9 heteroatoms. The molecule has 0 radical (unpaired) electrons. The molecule has 0 fully saturated rings. The highest BCUT2D eigenvalue weighted by Crippen LogP contribution is 2.42. The zero-order chi connectivity index (χ0) is 25.3. The molecular formula is C25H44NO7P. The SMILES string of the molecule is CCCCC/C=C\C/C=C\C/C=C\C/C=C\CCCC(=O)OCC(O)COP(=O)(O)OCCN. The van der Waals surface area contributed by atoms with E-state index >= 15 is 0 Å². The molecule has 0 aromatic rings. The Balaban J connectivity index is 3.68. The summed E-state index contributed by atoms with van der Waals surface area (Å²) in [7, 11) is -4.26. The average molecular weight is 502 g/mol. The first-order valence-corrected chi connectivity index (χ1v) is 13.7. The minimum absolute atomic E-state index is 0.0646. The average Bonchev–Trinajstić information content (AvgIpc) is 2.82. The Morgan fingerprint density at radius 1 is 0.882 bits per heavy atom. The van der Waals surface area contributed by atoms with Gasteiger partial charge in [-0.2, -0.15) is 0 Å². The Kier molecular flexibility index (Phi) is 22.2. The maximum atomic E-state index is 11.7. The van der Waals surface area contributed by atoms with Crippen LogP contribution in [0.5, 0.6) is 0 Å². The Hall–Kier alpha value is -1.54. The quantitative estimate of drug-likeness (QED) is 0.0806. The summed E-state index contributed by atoms with van der Waals surface area (Å²) < 4.78 is 25.5. The monoisotopic (exact) mass is 501 g/mol. The van der Waals surface area contributed by atoms with E-state index in [2.05, 4.69) is 58.5 Å². The molecular weight excluding hydrogens is 457 g/mol. The molecule has 0 heterocycles. The van der Waals surface area contributed by atoms with Gasteiger partial charge in [0, 0.05) is 13.0 Å². The molecule has 34 heavy (non-hydrogen) atoms. The molecule has 2 atom stereocenters. The number of nitrogens with two attached hydrogens (primary N) is 1. The summed E-state index contributed by atoms with van der Waals surface area (Å²) in [4.78, 5) is 21.0. The van der Waals surface area contributed by atoms with Crippen LogP contribution in [-0.2, 0) is 23.1 Å². The van der Waals surface area contributed by atoms with Crippen LogP contribution in [0.3, 0.4) is 0 Å². The van der Waals surface area contributed by atoms with E-state index in [1.54, 1.807) is 0 Å². The normalized spacial score (nSPS) is 15.1. The number of rotatable bonds is 22. The third-order valence-electron chi connectivity index (χ3n) is 4.45. The molecule has 0 amide bonds. The highest BCUT2D eigenvalue weighted by molar-refractivity contribution is 7.47. The lowest BCUT2D eigenvalue weighted by Crippen LogP contribution is -2.23. The van der Waals surface area contributed by atoms with Gasteiger partial charge in [0.15, 0.2) is 0 Å². The second kappa shape index (κ2) is 23.2. The van der Waals surface area contributed by atoms with Crippen LogP contribution in [0.2, 0.25) is 0 Å². The third-order valence-corrected chi connectivity index (χ3v) is 5.43. The minimum atomic E-state index is -4.26. The summed E-state index contributed by atoms with van der Waals surface area (Å²) in [5, 5.41) is 9.67. The zero-order valence-electron chi connectivity index (χ0n) is 20.6. The van der Waals surface area contributed by atoms with Crippen molar-refractivity contribution in [1.29, 1.82) is 0 Å². The van der Waals surface area contributed by atoms with Crippen LogP contribution in [0.25, 0.3) is 0 Å². The van der Waals surface area contributed by atoms with Crippen LogP contribution < -0.4 is 5.73 Å². The number of aliphatic hydroxyl groups is 1. The molecule has 2 unspecified atom stereocenters. The molecule has 4 N–H and O–H groups in total. The minimum Gasteiger partial charge on any atom is -0.463 e. The van der Waals surface area contributed by atoms with Crippen molar-refractivity contribution in [2.75, 3.05) is 26.4 Å². The van der Waals surface area contributed by atoms with E-state index in [4.69, 9.17) is 10.5 Å². The number of phosphoric ester groups is 1. The van der Waals surface area contributed by atoms with Crippen molar-refractivity contribution in [1.82, 2.24) is 0 Å². The Morgan fingerprint density at radius 3 is 2.00 bits per heavy atom. The smallest absolute Gasteiger partial charge is 0.463 e. The second-order valence-electron chi connectivity index (χ2n) is 7.70. The van der Waals surface area contributed by atoms with Gasteiger partial charge in [-0.3, -0.25) is 13.8 Å². The first-order valence-electron chi connectivity index (χ1n) is 12.2. The first-order chi connectivity index (χ1) is 16.4. The summed E-state index contributed by atoms with van der Waals surface area (Å²) in [6.07, 6.45) is 25.4. The summed E-state index contributed by atoms with van der Waals surface area (Å²) in [5.74, 6) is -0.443. The van der Waals surface area contributed by atoms with E-state index in [0.717, 1.165) is 25.7 Å². The van der Waals surface area contributed by atoms with Crippen molar-refractivity contribution in [2.45, 2.75) is 77.2 Å². The number of unbranched alkanes of at least 4 members (excludes halogenated alkanes) is 4. The lowest BCUT2D eigenvalue weighted by molar-refractivity contribution is -0.147. The molecule has 196 valence electrons. The van der Waals surface area contributed by atoms with E-state index in [1.807, 2.05) is 6.08 Å². The fourth-order valence-electron chi connectivity index (χ4n) is 2.62. The lowest BCUT2D eigenvalue weighted by atomic mass is 10.2. The Bertz CT molecular complexity index is 662. The number of phosphoric acid groups is 1. The number of hydrogen-bond acceptors (Lipinski definition) is 7. The molecule has 0 bridgehead atoms. The molecule has 0 saturated carbocycles. The highest BCUT2D eigenvalue weighted by Gasteiger charge is 2.22. The predicted molar refractivity (Wildman–Crippen MR) is 136 cm³/mol. The summed E-state index contributed by atoms with van der Waals surface area (Å²) in [5.41, 5.74) is 5.16. The molecule has 0 spiro atoms. The van der Waals surface area contributed by atoms with Crippen LogP contribution in [-0.4, -0.2) is 48.4 Å². The number of esters is 1. The number of hydrogen-bond donors (Lipinski definition) is 3. The van der Waals surface area contributed by atoms with E-state index in [0.29, 0.717) is 6.42 Å². The molecule has 0 saturated heterocycles. The van der Waals surface area contributed by atoms with Crippen molar-refractivity contribution >= 4 is 13.8 Å². The van der Waals surface area contributed by atoms with Crippen LogP contribution in [0.1, 0.15) is 71.1 Å². The van der Waals surface area contributed by atoms with Gasteiger partial charge >= 0.3 is 13.8 Å². The van der Waals surface area contributed by atoms with Gasteiger partial charge in [-0.25, -0.2) is 4.57 Å². The van der Waals surface area contributed by atoms with Crippen molar-refractivity contribution in [3.8, 4) is 0 Å². The van der Waals surface area contributed by atoms with E-state index < -0.39 is 26.5 Å². The molecule has 0 rings (SSSR count). The number of carbonyl (C=O) groups is 1. The van der Waals surface area contributed by atoms with E-state index in [-0.39, 0.29) is 26.2 Å². The fourth-order valence-corrected chi connectivity index (χ4v) is 3.39. The topological polar surface area (TPSA) is 128 Å². The maximum absolute atomic E-state index is 11.7. The van der Waals surface area contributed by atoms with Gasteiger partial charge in [0.05, 0.1) is 13.2 Å². The number of ether oxygens (including phenoxy) is 1. The number of allylic oxidation sites excluding steroid dienone is 8. The molecule has 0 aliphatic heterocycles. The van der Waals surface area contributed by atoms with Crippen LogP contribution >= 0.6 is 7.82 Å². The van der Waals surface area contributed by atoms with Crippen LogP contribution in [0.15, 0.2) is 48.6 Å². The molecule has 0 aliphatic rings. The van der Waals surface area contributed by atoms with E-state index in [1.165, 1.54) is 25.7 Å². The Labute approximate surface area is 205 Å². The standard InChI is InChI=1S/C25H44NO7P/c1-2-3-4-5-6-7-8-9-10-11-12-13-14-15-16-17-18-19-25(28)31-22-24(27)23-33-34(29,30)32-21-20-26/h6-7,9-10,12-13,15-16,24,27H,2-5,8,11,14,17-23,26H2,1H3,(H,29,30)/b7-6-,10-9-,13-12-,16-15-. The van der Waals surface area contributed by atoms with Gasteiger partial charge in [0.25, 0.3) is 0 Å². The van der Waals surface area contributed by atoms with Crippen molar-refractivity contribution < 1.29 is 33.1 Å². The van der Waals surface area contributed by atoms with Gasteiger partial charge in [-0.1, -0.05) is 68.4 Å². The van der Waals surface area contributed by atoms with Gasteiger partial charge < -0.3 is 20.5 Å². The van der Waals surface area contributed by atoms with Gasteiger partial charge in [0.1, 0.15) is 12.7 Å². The summed E-state index contributed by atoms with van der Waals surface area (Å²) in [6.45, 7) is 1.33. The first kappa shape index (κ1) is 32.5. The summed E-state index contributed by atoms with van der Waals surface area (Å²) >= 11 is 0. The van der Waals surface area contributed by atoms with Crippen LogP contribution in [0, 0.1) is 0 Å². The van der Waals surface area contributed by atoms with Gasteiger partial charge in [-0.05, 0) is 44.9 Å². The summed E-state index contributed by atoms with van der Waals surface area (Å²) in [6, 6.07) is 0. The second-order valence-corrected chi connectivity index (χ2v) is 9.16. The zero-order valence-corrected chi connectivity index (χ0v) is 21.5. The molecule has 0 aromatic carbocycles. The van der Waals surface area contributed by atoms with Gasteiger partial charge in [-0.15, -0.1) is 0 Å². The van der Waals surface area contributed by atoms with Crippen molar-refractivity contribution in [3.63, 3.8) is 0 Å². The van der Waals surface area contributed by atoms with Gasteiger partial charge in [0.2, 0.25) is 0 Å². The third kappa shape index (κ3) is 23.6. The number of aliphatic hydroxyl groups excluding tert-OH is 1. The van der Waals surface area contributed by atoms with Crippen molar-refractivity contribution in [2.24, 2.45) is 5.73 Å². The number of carbonyl (C=O) groups excluding carboxylic acids is 1. The molecule has 8 nitrogen and oxygen atoms in total. The fraction of sp³-hybridized carbons (Fsp3) is 0.640. The van der Waals surface area contributed by atoms with Crippen LogP contribution in [0.4, 0.5) is 0 Å². The van der Waals surface area contributed by atoms with E-state index in [9.17, 15) is 19.4 Å². The molecule has 0 aliphatic carbocycles. The Morgan fingerprint density at radius 2 is 1.44 bits per heavy atom.